The second-order valence-corrected chi connectivity index (χ2v) is 3.27. The van der Waals surface area contributed by atoms with Gasteiger partial charge in [0.15, 0.2) is 0 Å². The van der Waals surface area contributed by atoms with E-state index in [1.807, 2.05) is 12.3 Å². The Balaban J connectivity index is 2.69. The molecule has 56 valence electrons. The first-order valence-corrected chi connectivity index (χ1v) is 4.11. The fourth-order valence-corrected chi connectivity index (χ4v) is 1.73. The molecule has 0 aliphatic carbocycles. The van der Waals surface area contributed by atoms with Crippen LogP contribution in [0.1, 0.15) is 5.01 Å². The summed E-state index contributed by atoms with van der Waals surface area (Å²) in [6.07, 6.45) is 3.55. The van der Waals surface area contributed by atoms with Crippen LogP contribution in [0.3, 0.4) is 0 Å². The summed E-state index contributed by atoms with van der Waals surface area (Å²) in [6, 6.07) is 1.89. The SMILES string of the molecule is NCc1nc2ccncc2s1. The lowest BCUT2D eigenvalue weighted by Crippen LogP contribution is -1.93. The lowest BCUT2D eigenvalue weighted by molar-refractivity contribution is 1.05. The van der Waals surface area contributed by atoms with Crippen LogP contribution in [0.5, 0.6) is 0 Å². The molecular weight excluding hydrogens is 158 g/mol. The van der Waals surface area contributed by atoms with Crippen molar-refractivity contribution in [2.24, 2.45) is 5.73 Å². The van der Waals surface area contributed by atoms with Crippen LogP contribution < -0.4 is 5.73 Å². The average molecular weight is 165 g/mol. The number of thiazole rings is 1. The molecular formula is C7H7N3S. The first-order chi connectivity index (χ1) is 5.40. The molecule has 0 aliphatic rings. The van der Waals surface area contributed by atoms with Gasteiger partial charge in [0, 0.05) is 18.9 Å². The molecule has 0 bridgehead atoms. The summed E-state index contributed by atoms with van der Waals surface area (Å²) >= 11 is 1.60. The molecule has 0 amide bonds. The second-order valence-electron chi connectivity index (χ2n) is 2.16. The lowest BCUT2D eigenvalue weighted by atomic mass is 10.4. The molecule has 0 unspecified atom stereocenters. The Kier molecular flexibility index (Phi) is 1.56. The van der Waals surface area contributed by atoms with Crippen molar-refractivity contribution in [3.63, 3.8) is 0 Å². The molecule has 0 saturated heterocycles. The molecule has 0 fully saturated rings. The van der Waals surface area contributed by atoms with Crippen molar-refractivity contribution in [3.05, 3.63) is 23.5 Å². The zero-order chi connectivity index (χ0) is 7.68. The number of rotatable bonds is 1. The van der Waals surface area contributed by atoms with Gasteiger partial charge >= 0.3 is 0 Å². The first kappa shape index (κ1) is 6.69. The largest absolute Gasteiger partial charge is 0.325 e. The summed E-state index contributed by atoms with van der Waals surface area (Å²) in [5, 5.41) is 0.966. The number of hydrogen-bond acceptors (Lipinski definition) is 4. The zero-order valence-corrected chi connectivity index (χ0v) is 6.64. The van der Waals surface area contributed by atoms with E-state index in [1.165, 1.54) is 0 Å². The third kappa shape index (κ3) is 1.10. The van der Waals surface area contributed by atoms with E-state index in [-0.39, 0.29) is 0 Å². The van der Waals surface area contributed by atoms with E-state index in [0.717, 1.165) is 15.2 Å². The number of nitrogens with two attached hydrogens (primary N) is 1. The second kappa shape index (κ2) is 2.56. The standard InChI is InChI=1S/C7H7N3S/c8-3-7-10-5-1-2-9-4-6(5)11-7/h1-2,4H,3,8H2. The zero-order valence-electron chi connectivity index (χ0n) is 5.82. The van der Waals surface area contributed by atoms with E-state index in [1.54, 1.807) is 17.5 Å². The molecule has 4 heteroatoms. The summed E-state index contributed by atoms with van der Waals surface area (Å²) in [6.45, 7) is 0.513. The molecule has 0 radical (unpaired) electrons. The van der Waals surface area contributed by atoms with Gasteiger partial charge in [0.25, 0.3) is 0 Å². The van der Waals surface area contributed by atoms with Crippen molar-refractivity contribution in [1.29, 1.82) is 0 Å². The molecule has 2 aromatic rings. The smallest absolute Gasteiger partial charge is 0.107 e. The summed E-state index contributed by atoms with van der Waals surface area (Å²) in [7, 11) is 0. The van der Waals surface area contributed by atoms with E-state index < -0.39 is 0 Å². The maximum atomic E-state index is 5.44. The van der Waals surface area contributed by atoms with Crippen LogP contribution in [-0.2, 0) is 6.54 Å². The molecule has 2 N–H and O–H groups in total. The van der Waals surface area contributed by atoms with Crippen molar-refractivity contribution >= 4 is 21.6 Å². The van der Waals surface area contributed by atoms with Gasteiger partial charge in [0.05, 0.1) is 10.2 Å². The summed E-state index contributed by atoms with van der Waals surface area (Å²) in [5.41, 5.74) is 6.43. The average Bonchev–Trinajstić information content (AvgIpc) is 2.46. The third-order valence-corrected chi connectivity index (χ3v) is 2.44. The van der Waals surface area contributed by atoms with Crippen LogP contribution in [-0.4, -0.2) is 9.97 Å². The van der Waals surface area contributed by atoms with E-state index in [2.05, 4.69) is 9.97 Å². The first-order valence-electron chi connectivity index (χ1n) is 3.29. The maximum Gasteiger partial charge on any atom is 0.107 e. The topological polar surface area (TPSA) is 51.8 Å². The Morgan fingerprint density at radius 3 is 3.18 bits per heavy atom. The minimum absolute atomic E-state index is 0.513. The Bertz CT molecular complexity index is 335. The Morgan fingerprint density at radius 1 is 1.55 bits per heavy atom. The maximum absolute atomic E-state index is 5.44. The van der Waals surface area contributed by atoms with Gasteiger partial charge in [-0.15, -0.1) is 11.3 Å². The minimum atomic E-state index is 0.513. The highest BCUT2D eigenvalue weighted by Gasteiger charge is 1.99. The third-order valence-electron chi connectivity index (χ3n) is 1.41. The molecule has 0 atom stereocenters. The van der Waals surface area contributed by atoms with Gasteiger partial charge in [-0.2, -0.15) is 0 Å². The minimum Gasteiger partial charge on any atom is -0.325 e. The molecule has 0 aromatic carbocycles. The summed E-state index contributed by atoms with van der Waals surface area (Å²) < 4.78 is 1.10. The van der Waals surface area contributed by atoms with Crippen LogP contribution in [0, 0.1) is 0 Å². The van der Waals surface area contributed by atoms with Crippen LogP contribution in [0.2, 0.25) is 0 Å². The normalized spacial score (nSPS) is 10.6. The Morgan fingerprint density at radius 2 is 2.45 bits per heavy atom. The molecule has 2 rings (SSSR count). The molecule has 2 heterocycles. The van der Waals surface area contributed by atoms with Crippen molar-refractivity contribution in [3.8, 4) is 0 Å². The molecule has 11 heavy (non-hydrogen) atoms. The van der Waals surface area contributed by atoms with Gasteiger partial charge in [0.2, 0.25) is 0 Å². The number of aromatic nitrogens is 2. The van der Waals surface area contributed by atoms with Crippen molar-refractivity contribution in [2.45, 2.75) is 6.54 Å². The highest BCUT2D eigenvalue weighted by atomic mass is 32.1. The summed E-state index contributed by atoms with van der Waals surface area (Å²) in [4.78, 5) is 8.27. The predicted molar refractivity (Wildman–Crippen MR) is 45.3 cm³/mol. The molecule has 0 saturated carbocycles. The number of pyridine rings is 1. The van der Waals surface area contributed by atoms with Gasteiger partial charge in [-0.05, 0) is 6.07 Å². The number of nitrogens with zero attached hydrogens (tertiary/aromatic N) is 2. The van der Waals surface area contributed by atoms with Crippen LogP contribution in [0.4, 0.5) is 0 Å². The van der Waals surface area contributed by atoms with E-state index in [0.29, 0.717) is 6.54 Å². The van der Waals surface area contributed by atoms with E-state index >= 15 is 0 Å². The van der Waals surface area contributed by atoms with Gasteiger partial charge < -0.3 is 5.73 Å². The van der Waals surface area contributed by atoms with Crippen molar-refractivity contribution in [2.75, 3.05) is 0 Å². The fraction of sp³-hybridized carbons (Fsp3) is 0.143. The number of hydrogen-bond donors (Lipinski definition) is 1. The van der Waals surface area contributed by atoms with Crippen LogP contribution in [0.25, 0.3) is 10.2 Å². The van der Waals surface area contributed by atoms with E-state index in [9.17, 15) is 0 Å². The monoisotopic (exact) mass is 165 g/mol. The highest BCUT2D eigenvalue weighted by molar-refractivity contribution is 7.18. The quantitative estimate of drug-likeness (QED) is 0.689. The Hall–Kier alpha value is -1.000. The molecule has 0 aliphatic heterocycles. The van der Waals surface area contributed by atoms with Crippen molar-refractivity contribution < 1.29 is 0 Å². The summed E-state index contributed by atoms with van der Waals surface area (Å²) in [5.74, 6) is 0. The van der Waals surface area contributed by atoms with Gasteiger partial charge in [-0.25, -0.2) is 4.98 Å². The van der Waals surface area contributed by atoms with Gasteiger partial charge in [-0.3, -0.25) is 4.98 Å². The predicted octanol–water partition coefficient (Wildman–Crippen LogP) is 1.15. The molecule has 2 aromatic heterocycles. The van der Waals surface area contributed by atoms with Gasteiger partial charge in [-0.1, -0.05) is 0 Å². The van der Waals surface area contributed by atoms with Crippen molar-refractivity contribution in [1.82, 2.24) is 9.97 Å². The fourth-order valence-electron chi connectivity index (χ4n) is 0.915. The number of fused-ring (bicyclic) bond motifs is 1. The lowest BCUT2D eigenvalue weighted by Gasteiger charge is -1.80. The molecule has 0 spiro atoms. The van der Waals surface area contributed by atoms with Crippen LogP contribution >= 0.6 is 11.3 Å². The molecule has 3 nitrogen and oxygen atoms in total. The Labute approximate surface area is 67.9 Å². The van der Waals surface area contributed by atoms with Gasteiger partial charge in [0.1, 0.15) is 5.01 Å². The van der Waals surface area contributed by atoms with E-state index in [4.69, 9.17) is 5.73 Å². The highest BCUT2D eigenvalue weighted by Crippen LogP contribution is 2.19. The van der Waals surface area contributed by atoms with Crippen LogP contribution in [0.15, 0.2) is 18.5 Å².